The van der Waals surface area contributed by atoms with Crippen LogP contribution in [-0.2, 0) is 4.74 Å². The first-order valence-electron chi connectivity index (χ1n) is 6.13. The van der Waals surface area contributed by atoms with E-state index in [1.165, 1.54) is 13.3 Å². The van der Waals surface area contributed by atoms with Crippen LogP contribution in [-0.4, -0.2) is 55.7 Å². The van der Waals surface area contributed by atoms with Gasteiger partial charge in [0.15, 0.2) is 5.65 Å². The molecule has 1 aliphatic heterocycles. The van der Waals surface area contributed by atoms with E-state index in [2.05, 4.69) is 15.0 Å². The summed E-state index contributed by atoms with van der Waals surface area (Å²) in [4.78, 5) is 12.3. The van der Waals surface area contributed by atoms with Gasteiger partial charge in [0, 0.05) is 6.42 Å². The lowest BCUT2D eigenvalue weighted by Crippen LogP contribution is -2.24. The molecule has 1 aliphatic rings. The van der Waals surface area contributed by atoms with Gasteiger partial charge in [-0.15, -0.1) is 0 Å². The largest absolute Gasteiger partial charge is 0.467 e. The highest BCUT2D eigenvalue weighted by atomic mass is 16.5. The molecule has 0 saturated carbocycles. The van der Waals surface area contributed by atoms with Gasteiger partial charge in [-0.05, 0) is 0 Å². The molecule has 2 aromatic heterocycles. The highest BCUT2D eigenvalue weighted by Gasteiger charge is 2.36. The number of aromatic nitrogens is 4. The van der Waals surface area contributed by atoms with Gasteiger partial charge < -0.3 is 25.4 Å². The zero-order chi connectivity index (χ0) is 14.3. The van der Waals surface area contributed by atoms with Crippen molar-refractivity contribution >= 4 is 17.1 Å². The van der Waals surface area contributed by atoms with E-state index in [1.807, 2.05) is 0 Å². The Balaban J connectivity index is 2.04. The standard InChI is InChI=1S/C11H15N5O4/c1-19-11-13-3-5-9(15-11)16(10(12)14-5)8-2-6(18)7(4-17)20-8/h3,6-8,17-18H,2,4H2,1H3,(H2,12,14)/t6-,7+,8-/m1/s1. The van der Waals surface area contributed by atoms with Crippen molar-refractivity contribution in [1.82, 2.24) is 19.5 Å². The Morgan fingerprint density at radius 3 is 3.00 bits per heavy atom. The third-order valence-corrected chi connectivity index (χ3v) is 3.29. The van der Waals surface area contributed by atoms with Crippen LogP contribution in [0.1, 0.15) is 12.6 Å². The molecule has 1 fully saturated rings. The first-order valence-corrected chi connectivity index (χ1v) is 6.13. The van der Waals surface area contributed by atoms with E-state index in [1.54, 1.807) is 4.57 Å². The van der Waals surface area contributed by atoms with E-state index < -0.39 is 18.4 Å². The van der Waals surface area contributed by atoms with Gasteiger partial charge in [0.2, 0.25) is 5.95 Å². The van der Waals surface area contributed by atoms with Crippen molar-refractivity contribution in [3.05, 3.63) is 6.20 Å². The first-order chi connectivity index (χ1) is 9.63. The van der Waals surface area contributed by atoms with E-state index >= 15 is 0 Å². The summed E-state index contributed by atoms with van der Waals surface area (Å²) in [6, 6.07) is 0.191. The minimum Gasteiger partial charge on any atom is -0.467 e. The molecule has 9 heteroatoms. The fourth-order valence-electron chi connectivity index (χ4n) is 2.31. The van der Waals surface area contributed by atoms with Crippen molar-refractivity contribution in [2.24, 2.45) is 0 Å². The minimum atomic E-state index is -0.759. The number of nitrogens with two attached hydrogens (primary N) is 1. The lowest BCUT2D eigenvalue weighted by molar-refractivity contribution is -0.0425. The summed E-state index contributed by atoms with van der Waals surface area (Å²) in [6.45, 7) is -0.261. The molecule has 0 aliphatic carbocycles. The van der Waals surface area contributed by atoms with Crippen LogP contribution in [0, 0.1) is 0 Å². The van der Waals surface area contributed by atoms with Crippen LogP contribution >= 0.6 is 0 Å². The molecule has 2 aromatic rings. The maximum absolute atomic E-state index is 9.80. The van der Waals surface area contributed by atoms with Crippen LogP contribution in [0.4, 0.5) is 5.95 Å². The number of anilines is 1. The number of hydrogen-bond donors (Lipinski definition) is 3. The quantitative estimate of drug-likeness (QED) is 0.657. The zero-order valence-electron chi connectivity index (χ0n) is 10.8. The zero-order valence-corrected chi connectivity index (χ0v) is 10.8. The molecule has 9 nitrogen and oxygen atoms in total. The molecular formula is C11H15N5O4. The van der Waals surface area contributed by atoms with Gasteiger partial charge in [-0.3, -0.25) is 4.57 Å². The summed E-state index contributed by atoms with van der Waals surface area (Å²) < 4.78 is 12.1. The number of rotatable bonds is 3. The van der Waals surface area contributed by atoms with Crippen molar-refractivity contribution in [3.63, 3.8) is 0 Å². The predicted octanol–water partition coefficient (Wildman–Crippen LogP) is -0.942. The number of fused-ring (bicyclic) bond motifs is 1. The molecule has 108 valence electrons. The van der Waals surface area contributed by atoms with E-state index in [4.69, 9.17) is 20.3 Å². The number of methoxy groups -OCH3 is 1. The minimum absolute atomic E-state index is 0.191. The fourth-order valence-corrected chi connectivity index (χ4v) is 2.31. The average molecular weight is 281 g/mol. The summed E-state index contributed by atoms with van der Waals surface area (Å²) in [7, 11) is 1.46. The van der Waals surface area contributed by atoms with E-state index in [-0.39, 0.29) is 18.6 Å². The molecule has 0 aromatic carbocycles. The van der Waals surface area contributed by atoms with Gasteiger partial charge in [0.25, 0.3) is 0 Å². The Morgan fingerprint density at radius 1 is 1.55 bits per heavy atom. The van der Waals surface area contributed by atoms with E-state index in [0.29, 0.717) is 17.6 Å². The van der Waals surface area contributed by atoms with Crippen LogP contribution in [0.15, 0.2) is 6.20 Å². The SMILES string of the molecule is COc1ncc2nc(N)n([C@H]3C[C@@H](O)[C@H](CO)O3)c2n1. The Bertz CT molecular complexity index is 631. The fraction of sp³-hybridized carbons (Fsp3) is 0.545. The van der Waals surface area contributed by atoms with Crippen LogP contribution in [0.3, 0.4) is 0 Å². The normalized spacial score (nSPS) is 26.2. The van der Waals surface area contributed by atoms with Crippen molar-refractivity contribution in [3.8, 4) is 6.01 Å². The summed E-state index contributed by atoms with van der Waals surface area (Å²) in [5.74, 6) is 0.207. The number of imidazole rings is 1. The molecule has 0 bridgehead atoms. The highest BCUT2D eigenvalue weighted by molar-refractivity contribution is 5.73. The van der Waals surface area contributed by atoms with E-state index in [9.17, 15) is 5.11 Å². The first kappa shape index (κ1) is 13.0. The highest BCUT2D eigenvalue weighted by Crippen LogP contribution is 2.33. The molecule has 20 heavy (non-hydrogen) atoms. The van der Waals surface area contributed by atoms with Gasteiger partial charge in [0.05, 0.1) is 26.0 Å². The maximum atomic E-state index is 9.80. The topological polar surface area (TPSA) is 129 Å². The molecule has 3 atom stereocenters. The Hall–Kier alpha value is -1.97. The van der Waals surface area contributed by atoms with E-state index in [0.717, 1.165) is 0 Å². The van der Waals surface area contributed by atoms with Crippen molar-refractivity contribution in [1.29, 1.82) is 0 Å². The second kappa shape index (κ2) is 4.85. The lowest BCUT2D eigenvalue weighted by Gasteiger charge is -2.14. The average Bonchev–Trinajstić information content (AvgIpc) is 2.96. The van der Waals surface area contributed by atoms with Gasteiger partial charge in [-0.2, -0.15) is 4.98 Å². The second-order valence-corrected chi connectivity index (χ2v) is 4.52. The maximum Gasteiger partial charge on any atom is 0.318 e. The molecule has 4 N–H and O–H groups in total. The number of ether oxygens (including phenoxy) is 2. The van der Waals surface area contributed by atoms with Crippen molar-refractivity contribution < 1.29 is 19.7 Å². The van der Waals surface area contributed by atoms with Crippen LogP contribution < -0.4 is 10.5 Å². The van der Waals surface area contributed by atoms with Crippen LogP contribution in [0.5, 0.6) is 6.01 Å². The number of aliphatic hydroxyl groups excluding tert-OH is 2. The summed E-state index contributed by atoms with van der Waals surface area (Å²) in [6.07, 6.45) is -0.131. The third-order valence-electron chi connectivity index (χ3n) is 3.29. The van der Waals surface area contributed by atoms with Crippen molar-refractivity contribution in [2.45, 2.75) is 24.9 Å². The van der Waals surface area contributed by atoms with Gasteiger partial charge >= 0.3 is 6.01 Å². The van der Waals surface area contributed by atoms with Gasteiger partial charge in [-0.25, -0.2) is 9.97 Å². The van der Waals surface area contributed by atoms with Gasteiger partial charge in [0.1, 0.15) is 17.8 Å². The number of hydrogen-bond acceptors (Lipinski definition) is 8. The van der Waals surface area contributed by atoms with Crippen LogP contribution in [0.2, 0.25) is 0 Å². The molecule has 0 amide bonds. The molecule has 0 spiro atoms. The van der Waals surface area contributed by atoms with Gasteiger partial charge in [-0.1, -0.05) is 0 Å². The summed E-state index contributed by atoms with van der Waals surface area (Å²) >= 11 is 0. The number of nitrogens with zero attached hydrogens (tertiary/aromatic N) is 4. The molecule has 3 rings (SSSR count). The number of aliphatic hydroxyl groups is 2. The Kier molecular flexibility index (Phi) is 3.16. The molecule has 3 heterocycles. The molecular weight excluding hydrogens is 266 g/mol. The van der Waals surface area contributed by atoms with Crippen LogP contribution in [0.25, 0.3) is 11.2 Å². The Labute approximate surface area is 114 Å². The monoisotopic (exact) mass is 281 g/mol. The number of nitrogen functional groups attached to an aromatic ring is 1. The Morgan fingerprint density at radius 2 is 2.35 bits per heavy atom. The smallest absolute Gasteiger partial charge is 0.318 e. The molecule has 0 radical (unpaired) electrons. The second-order valence-electron chi connectivity index (χ2n) is 4.52. The molecule has 1 saturated heterocycles. The third kappa shape index (κ3) is 1.96. The molecule has 0 unspecified atom stereocenters. The predicted molar refractivity (Wildman–Crippen MR) is 67.9 cm³/mol. The summed E-state index contributed by atoms with van der Waals surface area (Å²) in [5.41, 5.74) is 6.85. The summed E-state index contributed by atoms with van der Waals surface area (Å²) in [5, 5.41) is 18.9. The lowest BCUT2D eigenvalue weighted by atomic mass is 10.2. The van der Waals surface area contributed by atoms with Crippen molar-refractivity contribution in [2.75, 3.05) is 19.5 Å².